The van der Waals surface area contributed by atoms with Gasteiger partial charge in [0.1, 0.15) is 6.10 Å². The van der Waals surface area contributed by atoms with E-state index in [1.54, 1.807) is 6.92 Å². The van der Waals surface area contributed by atoms with Crippen LogP contribution in [0.1, 0.15) is 72.6 Å². The van der Waals surface area contributed by atoms with E-state index in [4.69, 9.17) is 15.2 Å². The number of nitrogens with one attached hydrogen (secondary N) is 1. The first-order valence-corrected chi connectivity index (χ1v) is 11.4. The van der Waals surface area contributed by atoms with Gasteiger partial charge in [-0.1, -0.05) is 33.6 Å². The molecule has 29 heavy (non-hydrogen) atoms. The average Bonchev–Trinajstić information content (AvgIpc) is 2.69. The summed E-state index contributed by atoms with van der Waals surface area (Å²) in [5.41, 5.74) is 5.96. The van der Waals surface area contributed by atoms with Crippen molar-refractivity contribution in [1.29, 1.82) is 0 Å². The van der Waals surface area contributed by atoms with Crippen LogP contribution in [0.2, 0.25) is 0 Å². The topological polar surface area (TPSA) is 114 Å². The predicted octanol–water partition coefficient (Wildman–Crippen LogP) is 1.93. The Morgan fingerprint density at radius 2 is 1.72 bits per heavy atom. The molecule has 0 saturated carbocycles. The normalized spacial score (nSPS) is 44.0. The highest BCUT2D eigenvalue weighted by atomic mass is 16.7. The van der Waals surface area contributed by atoms with E-state index in [0.29, 0.717) is 12.5 Å². The molecule has 2 aliphatic rings. The molecule has 2 fully saturated rings. The highest BCUT2D eigenvalue weighted by Gasteiger charge is 2.42. The number of aliphatic hydroxyl groups excluding tert-OH is 2. The largest absolute Gasteiger partial charge is 0.389 e. The average molecular weight is 415 g/mol. The number of rotatable bonds is 2. The van der Waals surface area contributed by atoms with Crippen LogP contribution in [0.25, 0.3) is 0 Å². The molecular formula is C22H42N2O5. The van der Waals surface area contributed by atoms with Crippen LogP contribution in [0.15, 0.2) is 0 Å². The molecule has 7 heteroatoms. The lowest BCUT2D eigenvalue weighted by molar-refractivity contribution is -0.286. The molecule has 0 radical (unpaired) electrons. The van der Waals surface area contributed by atoms with Gasteiger partial charge in [0.2, 0.25) is 5.91 Å². The molecule has 0 bridgehead atoms. The first-order valence-electron chi connectivity index (χ1n) is 11.4. The van der Waals surface area contributed by atoms with Crippen LogP contribution in [0, 0.1) is 17.8 Å². The van der Waals surface area contributed by atoms with Crippen LogP contribution < -0.4 is 11.1 Å². The molecule has 0 aromatic carbocycles. The van der Waals surface area contributed by atoms with Crippen molar-refractivity contribution in [3.63, 3.8) is 0 Å². The summed E-state index contributed by atoms with van der Waals surface area (Å²) in [7, 11) is 0. The maximum absolute atomic E-state index is 12.2. The molecular weight excluding hydrogens is 372 g/mol. The van der Waals surface area contributed by atoms with Crippen molar-refractivity contribution in [3.05, 3.63) is 0 Å². The minimum atomic E-state index is -1.06. The Hall–Kier alpha value is -0.730. The highest BCUT2D eigenvalue weighted by molar-refractivity contribution is 5.78. The van der Waals surface area contributed by atoms with E-state index < -0.39 is 30.6 Å². The fourth-order valence-corrected chi connectivity index (χ4v) is 4.33. The molecule has 0 spiro atoms. The molecule has 2 saturated heterocycles. The number of carbonyl (C=O) groups is 1. The molecule has 0 aliphatic carbocycles. The number of aliphatic hydroxyl groups is 2. The summed E-state index contributed by atoms with van der Waals surface area (Å²) in [4.78, 5) is 12.2. The lowest BCUT2D eigenvalue weighted by atomic mass is 9.89. The zero-order chi connectivity index (χ0) is 21.6. The summed E-state index contributed by atoms with van der Waals surface area (Å²) in [6.07, 6.45) is 3.45. The maximum Gasteiger partial charge on any atom is 0.222 e. The fourth-order valence-electron chi connectivity index (χ4n) is 4.33. The number of amides is 1. The molecule has 0 aromatic rings. The summed E-state index contributed by atoms with van der Waals surface area (Å²) < 4.78 is 12.0. The van der Waals surface area contributed by atoms with E-state index in [1.807, 2.05) is 6.92 Å². The highest BCUT2D eigenvalue weighted by Crippen LogP contribution is 2.28. The van der Waals surface area contributed by atoms with Gasteiger partial charge in [0, 0.05) is 12.5 Å². The Balaban J connectivity index is 2.01. The Morgan fingerprint density at radius 3 is 2.45 bits per heavy atom. The lowest BCUT2D eigenvalue weighted by Crippen LogP contribution is -2.61. The van der Waals surface area contributed by atoms with Gasteiger partial charge in [0.25, 0.3) is 0 Å². The zero-order valence-corrected chi connectivity index (χ0v) is 18.5. The van der Waals surface area contributed by atoms with E-state index >= 15 is 0 Å². The van der Waals surface area contributed by atoms with Crippen molar-refractivity contribution < 1.29 is 24.5 Å². The van der Waals surface area contributed by atoms with E-state index in [9.17, 15) is 15.0 Å². The molecule has 7 nitrogen and oxygen atoms in total. The second-order valence-corrected chi connectivity index (χ2v) is 9.37. The summed E-state index contributed by atoms with van der Waals surface area (Å²) in [6.45, 7) is 8.83. The van der Waals surface area contributed by atoms with Crippen molar-refractivity contribution in [1.82, 2.24) is 5.32 Å². The van der Waals surface area contributed by atoms with Crippen LogP contribution in [0.4, 0.5) is 0 Å². The van der Waals surface area contributed by atoms with Crippen molar-refractivity contribution >= 4 is 5.91 Å². The standard InChI is InChI=1S/C22H42N2O5/c1-13-7-5-8-15(3)21(27)24-12-6-9-14(2)17(11-10-13)29-22-20(26)18(23)19(25)16(4)28-22/h13-20,22,25-26H,5-12,23H2,1-4H3,(H,24,27). The Morgan fingerprint density at radius 1 is 1.00 bits per heavy atom. The number of ether oxygens (including phenoxy) is 2. The molecule has 2 aliphatic heterocycles. The zero-order valence-electron chi connectivity index (χ0n) is 18.5. The quantitative estimate of drug-likeness (QED) is 0.549. The molecule has 9 atom stereocenters. The van der Waals surface area contributed by atoms with Crippen LogP contribution in [0.5, 0.6) is 0 Å². The third-order valence-electron chi connectivity index (χ3n) is 6.70. The Labute approximate surface area is 175 Å². The van der Waals surface area contributed by atoms with E-state index in [1.165, 1.54) is 0 Å². The molecule has 170 valence electrons. The van der Waals surface area contributed by atoms with Gasteiger partial charge < -0.3 is 30.7 Å². The van der Waals surface area contributed by atoms with Crippen LogP contribution in [-0.2, 0) is 14.3 Å². The van der Waals surface area contributed by atoms with Gasteiger partial charge in [-0.05, 0) is 50.9 Å². The summed E-state index contributed by atoms with van der Waals surface area (Å²) in [5, 5.41) is 23.5. The van der Waals surface area contributed by atoms with Crippen LogP contribution in [-0.4, -0.2) is 59.4 Å². The predicted molar refractivity (Wildman–Crippen MR) is 112 cm³/mol. The number of hydrogen-bond acceptors (Lipinski definition) is 6. The van der Waals surface area contributed by atoms with Crippen LogP contribution >= 0.6 is 0 Å². The molecule has 5 N–H and O–H groups in total. The fraction of sp³-hybridized carbons (Fsp3) is 0.955. The second kappa shape index (κ2) is 11.6. The van der Waals surface area contributed by atoms with Gasteiger partial charge in [0.05, 0.1) is 24.4 Å². The third kappa shape index (κ3) is 7.17. The Kier molecular flexibility index (Phi) is 9.82. The van der Waals surface area contributed by atoms with Gasteiger partial charge in [-0.2, -0.15) is 0 Å². The smallest absolute Gasteiger partial charge is 0.222 e. The number of carbonyl (C=O) groups excluding carboxylic acids is 1. The molecule has 9 unspecified atom stereocenters. The summed E-state index contributed by atoms with van der Waals surface area (Å²) in [5.74, 6) is 1.03. The first-order chi connectivity index (χ1) is 13.7. The maximum atomic E-state index is 12.2. The first kappa shape index (κ1) is 24.5. The molecule has 1 amide bonds. The minimum Gasteiger partial charge on any atom is -0.389 e. The van der Waals surface area contributed by atoms with E-state index in [0.717, 1.165) is 44.9 Å². The minimum absolute atomic E-state index is 0.0655. The number of nitrogens with two attached hydrogens (primary N) is 1. The second-order valence-electron chi connectivity index (χ2n) is 9.37. The van der Waals surface area contributed by atoms with Gasteiger partial charge in [0.15, 0.2) is 6.29 Å². The van der Waals surface area contributed by atoms with Crippen molar-refractivity contribution in [2.75, 3.05) is 6.54 Å². The summed E-state index contributed by atoms with van der Waals surface area (Å²) >= 11 is 0. The van der Waals surface area contributed by atoms with Crippen molar-refractivity contribution in [2.45, 2.75) is 109 Å². The van der Waals surface area contributed by atoms with E-state index in [-0.39, 0.29) is 23.8 Å². The van der Waals surface area contributed by atoms with Crippen molar-refractivity contribution in [2.24, 2.45) is 23.5 Å². The number of hydrogen-bond donors (Lipinski definition) is 4. The summed E-state index contributed by atoms with van der Waals surface area (Å²) in [6, 6.07) is -0.784. The van der Waals surface area contributed by atoms with Crippen LogP contribution in [0.3, 0.4) is 0 Å². The third-order valence-corrected chi connectivity index (χ3v) is 6.70. The molecule has 2 heterocycles. The van der Waals surface area contributed by atoms with Gasteiger partial charge in [-0.3, -0.25) is 4.79 Å². The van der Waals surface area contributed by atoms with Gasteiger partial charge in [-0.15, -0.1) is 0 Å². The lowest BCUT2D eigenvalue weighted by Gasteiger charge is -2.42. The van der Waals surface area contributed by atoms with Gasteiger partial charge >= 0.3 is 0 Å². The monoisotopic (exact) mass is 414 g/mol. The van der Waals surface area contributed by atoms with Gasteiger partial charge in [-0.25, -0.2) is 0 Å². The Bertz CT molecular complexity index is 506. The SMILES string of the molecule is CC1CCCC(C)C(=O)NCCCC(C)C(OC2OC(C)C(O)C(N)C2O)CC1. The molecule has 2 rings (SSSR count). The van der Waals surface area contributed by atoms with Crippen molar-refractivity contribution in [3.8, 4) is 0 Å². The van der Waals surface area contributed by atoms with E-state index in [2.05, 4.69) is 19.2 Å². The molecule has 0 aromatic heterocycles.